The molecule has 4 nitrogen and oxygen atoms in total. The minimum atomic E-state index is -4.56. The van der Waals surface area contributed by atoms with Crippen molar-refractivity contribution in [2.75, 3.05) is 13.1 Å². The van der Waals surface area contributed by atoms with Crippen molar-refractivity contribution in [3.63, 3.8) is 0 Å². The fourth-order valence-corrected chi connectivity index (χ4v) is 3.56. The third kappa shape index (κ3) is 4.42. The van der Waals surface area contributed by atoms with Gasteiger partial charge in [-0.05, 0) is 37.6 Å². The summed E-state index contributed by atoms with van der Waals surface area (Å²) in [5.74, 6) is 0. The van der Waals surface area contributed by atoms with Crippen molar-refractivity contribution in [1.29, 1.82) is 0 Å². The second kappa shape index (κ2) is 6.33. The van der Waals surface area contributed by atoms with Crippen molar-refractivity contribution in [3.8, 4) is 0 Å². The summed E-state index contributed by atoms with van der Waals surface area (Å²) in [7, 11) is -3.95. The van der Waals surface area contributed by atoms with Gasteiger partial charge in [0, 0.05) is 12.6 Å². The number of alkyl halides is 3. The van der Waals surface area contributed by atoms with Gasteiger partial charge >= 0.3 is 6.18 Å². The molecule has 1 aromatic carbocycles. The summed E-state index contributed by atoms with van der Waals surface area (Å²) in [5.41, 5.74) is -0.968. The van der Waals surface area contributed by atoms with Gasteiger partial charge in [0.1, 0.15) is 0 Å². The van der Waals surface area contributed by atoms with Crippen LogP contribution in [0.5, 0.6) is 0 Å². The van der Waals surface area contributed by atoms with E-state index in [-0.39, 0.29) is 10.9 Å². The molecular formula is C13H17F3N2O2S. The highest BCUT2D eigenvalue weighted by atomic mass is 32.2. The second-order valence-electron chi connectivity index (χ2n) is 5.04. The van der Waals surface area contributed by atoms with Crippen LogP contribution < -0.4 is 10.0 Å². The van der Waals surface area contributed by atoms with E-state index in [1.54, 1.807) is 0 Å². The van der Waals surface area contributed by atoms with Gasteiger partial charge in [0.05, 0.1) is 10.5 Å². The molecule has 118 valence electrons. The van der Waals surface area contributed by atoms with Crippen molar-refractivity contribution in [3.05, 3.63) is 29.8 Å². The van der Waals surface area contributed by atoms with Gasteiger partial charge in [-0.3, -0.25) is 0 Å². The monoisotopic (exact) mass is 322 g/mol. The number of halogens is 3. The molecule has 0 radical (unpaired) electrons. The Balaban J connectivity index is 2.19. The fourth-order valence-electron chi connectivity index (χ4n) is 2.25. The van der Waals surface area contributed by atoms with E-state index >= 15 is 0 Å². The Morgan fingerprint density at radius 3 is 2.71 bits per heavy atom. The molecule has 0 aromatic heterocycles. The zero-order valence-electron chi connectivity index (χ0n) is 11.3. The van der Waals surface area contributed by atoms with E-state index in [1.807, 2.05) is 0 Å². The highest BCUT2D eigenvalue weighted by Crippen LogP contribution is 2.30. The van der Waals surface area contributed by atoms with Crippen LogP contribution >= 0.6 is 0 Å². The lowest BCUT2D eigenvalue weighted by atomic mass is 10.2. The molecular weight excluding hydrogens is 305 g/mol. The average molecular weight is 322 g/mol. The van der Waals surface area contributed by atoms with Crippen LogP contribution in [0.25, 0.3) is 0 Å². The minimum Gasteiger partial charge on any atom is -0.315 e. The Morgan fingerprint density at radius 2 is 2.00 bits per heavy atom. The van der Waals surface area contributed by atoms with Crippen LogP contribution in [-0.2, 0) is 16.2 Å². The molecule has 2 N–H and O–H groups in total. The van der Waals surface area contributed by atoms with E-state index < -0.39 is 21.8 Å². The van der Waals surface area contributed by atoms with Crippen molar-refractivity contribution >= 4 is 10.0 Å². The summed E-state index contributed by atoms with van der Waals surface area (Å²) in [4.78, 5) is -0.360. The van der Waals surface area contributed by atoms with Crippen LogP contribution in [0.3, 0.4) is 0 Å². The van der Waals surface area contributed by atoms with Gasteiger partial charge in [0.2, 0.25) is 10.0 Å². The van der Waals surface area contributed by atoms with Crippen molar-refractivity contribution in [1.82, 2.24) is 10.0 Å². The molecule has 1 aliphatic heterocycles. The molecule has 8 heteroatoms. The molecule has 1 heterocycles. The first-order chi connectivity index (χ1) is 9.79. The van der Waals surface area contributed by atoms with E-state index in [0.717, 1.165) is 31.5 Å². The number of hydrogen-bond donors (Lipinski definition) is 2. The van der Waals surface area contributed by atoms with Crippen LogP contribution in [0.1, 0.15) is 24.8 Å². The molecule has 1 unspecified atom stereocenters. The highest BCUT2D eigenvalue weighted by molar-refractivity contribution is 7.89. The molecule has 2 rings (SSSR count). The van der Waals surface area contributed by atoms with Gasteiger partial charge in [-0.25, -0.2) is 13.1 Å². The number of hydrogen-bond acceptors (Lipinski definition) is 3. The van der Waals surface area contributed by atoms with Crippen LogP contribution in [0.4, 0.5) is 13.2 Å². The van der Waals surface area contributed by atoms with Crippen molar-refractivity contribution in [2.45, 2.75) is 36.4 Å². The zero-order valence-corrected chi connectivity index (χ0v) is 12.1. The normalized spacial score (nSPS) is 21.0. The molecule has 0 saturated carbocycles. The Labute approximate surface area is 121 Å². The summed E-state index contributed by atoms with van der Waals surface area (Å²) in [6.07, 6.45) is -2.05. The van der Waals surface area contributed by atoms with E-state index in [4.69, 9.17) is 0 Å². The van der Waals surface area contributed by atoms with Crippen LogP contribution in [0.2, 0.25) is 0 Å². The number of sulfonamides is 1. The fraction of sp³-hybridized carbons (Fsp3) is 0.538. The quantitative estimate of drug-likeness (QED) is 0.896. The Hall–Kier alpha value is -1.12. The van der Waals surface area contributed by atoms with Crippen LogP contribution in [0, 0.1) is 0 Å². The van der Waals surface area contributed by atoms with Gasteiger partial charge in [-0.15, -0.1) is 0 Å². The van der Waals surface area contributed by atoms with Crippen molar-refractivity contribution in [2.24, 2.45) is 0 Å². The highest BCUT2D eigenvalue weighted by Gasteiger charge is 2.32. The molecule has 0 bridgehead atoms. The Kier molecular flexibility index (Phi) is 4.90. The lowest BCUT2D eigenvalue weighted by molar-refractivity contribution is -0.137. The first-order valence-corrected chi connectivity index (χ1v) is 8.18. The first kappa shape index (κ1) is 16.3. The molecule has 1 atom stereocenters. The maximum atomic E-state index is 12.6. The third-order valence-corrected chi connectivity index (χ3v) is 4.86. The Bertz CT molecular complexity index is 579. The molecule has 1 saturated heterocycles. The topological polar surface area (TPSA) is 58.2 Å². The van der Waals surface area contributed by atoms with Gasteiger partial charge < -0.3 is 5.32 Å². The zero-order chi connectivity index (χ0) is 15.5. The van der Waals surface area contributed by atoms with Gasteiger partial charge in [-0.1, -0.05) is 12.5 Å². The Morgan fingerprint density at radius 1 is 1.24 bits per heavy atom. The van der Waals surface area contributed by atoms with Crippen LogP contribution in [-0.4, -0.2) is 27.5 Å². The summed E-state index contributed by atoms with van der Waals surface area (Å²) in [5, 5.41) is 3.10. The summed E-state index contributed by atoms with van der Waals surface area (Å²) in [6, 6.07) is 3.48. The van der Waals surface area contributed by atoms with Gasteiger partial charge in [0.15, 0.2) is 0 Å². The lowest BCUT2D eigenvalue weighted by Gasteiger charge is -2.17. The molecule has 0 aliphatic carbocycles. The SMILES string of the molecule is O=S(=O)(NC1CCCCNC1)c1cccc(C(F)(F)F)c1. The molecule has 0 spiro atoms. The van der Waals surface area contributed by atoms with Crippen molar-refractivity contribution < 1.29 is 21.6 Å². The van der Waals surface area contributed by atoms with E-state index in [2.05, 4.69) is 10.0 Å². The van der Waals surface area contributed by atoms with E-state index in [1.165, 1.54) is 6.07 Å². The second-order valence-corrected chi connectivity index (χ2v) is 6.76. The predicted molar refractivity (Wildman–Crippen MR) is 72.3 cm³/mol. The maximum Gasteiger partial charge on any atom is 0.416 e. The molecule has 1 aliphatic rings. The largest absolute Gasteiger partial charge is 0.416 e. The summed E-state index contributed by atoms with van der Waals surface area (Å²) >= 11 is 0. The number of rotatable bonds is 3. The molecule has 1 aromatic rings. The maximum absolute atomic E-state index is 12.6. The third-order valence-electron chi connectivity index (χ3n) is 3.34. The average Bonchev–Trinajstić information content (AvgIpc) is 2.66. The molecule has 0 amide bonds. The summed E-state index contributed by atoms with van der Waals surface area (Å²) < 4.78 is 64.8. The molecule has 1 fully saturated rings. The summed E-state index contributed by atoms with van der Waals surface area (Å²) in [6.45, 7) is 1.31. The number of benzene rings is 1. The first-order valence-electron chi connectivity index (χ1n) is 6.69. The lowest BCUT2D eigenvalue weighted by Crippen LogP contribution is -2.40. The number of nitrogens with one attached hydrogen (secondary N) is 2. The van der Waals surface area contributed by atoms with E-state index in [9.17, 15) is 21.6 Å². The van der Waals surface area contributed by atoms with Gasteiger partial charge in [0.25, 0.3) is 0 Å². The molecule has 21 heavy (non-hydrogen) atoms. The smallest absolute Gasteiger partial charge is 0.315 e. The van der Waals surface area contributed by atoms with E-state index in [0.29, 0.717) is 19.0 Å². The van der Waals surface area contributed by atoms with Crippen LogP contribution in [0.15, 0.2) is 29.2 Å². The van der Waals surface area contributed by atoms with Gasteiger partial charge in [-0.2, -0.15) is 13.2 Å². The standard InChI is InChI=1S/C13H17F3N2O2S/c14-13(15,16)10-4-3-6-12(8-10)21(19,20)18-11-5-1-2-7-17-9-11/h3-4,6,8,11,17-18H,1-2,5,7,9H2. The minimum absolute atomic E-state index is 0.299. The predicted octanol–water partition coefficient (Wildman–Crippen LogP) is 2.13.